The number of benzene rings is 1. The lowest BCUT2D eigenvalue weighted by Crippen LogP contribution is -2.11. The first-order valence-corrected chi connectivity index (χ1v) is 5.95. The van der Waals surface area contributed by atoms with E-state index in [-0.39, 0.29) is 0 Å². The number of nitrogens with two attached hydrogens (primary N) is 1. The average molecular weight is 270 g/mol. The van der Waals surface area contributed by atoms with Crippen LogP contribution in [0.25, 0.3) is 10.9 Å². The summed E-state index contributed by atoms with van der Waals surface area (Å²) in [5, 5.41) is 1.95. The lowest BCUT2D eigenvalue weighted by Gasteiger charge is -2.17. The summed E-state index contributed by atoms with van der Waals surface area (Å²) in [6.07, 6.45) is 0. The van der Waals surface area contributed by atoms with Gasteiger partial charge < -0.3 is 10.6 Å². The number of rotatable bonds is 2. The van der Waals surface area contributed by atoms with Crippen molar-refractivity contribution in [1.29, 1.82) is 0 Å². The summed E-state index contributed by atoms with van der Waals surface area (Å²) in [7, 11) is 3.94. The van der Waals surface area contributed by atoms with Gasteiger partial charge in [0.15, 0.2) is 0 Å². The fraction of sp³-hybridized carbons (Fsp3) is 0.250. The van der Waals surface area contributed by atoms with Gasteiger partial charge in [0.25, 0.3) is 0 Å². The Kier molecular flexibility index (Phi) is 3.43. The molecule has 1 aromatic heterocycles. The van der Waals surface area contributed by atoms with Crippen LogP contribution in [0, 0.1) is 0 Å². The smallest absolute Gasteiger partial charge is 0.0928 e. The molecular formula is C12H13Cl2N3. The first kappa shape index (κ1) is 12.4. The van der Waals surface area contributed by atoms with Crippen molar-refractivity contribution in [3.8, 4) is 0 Å². The summed E-state index contributed by atoms with van der Waals surface area (Å²) in [5.41, 5.74) is 8.17. The zero-order valence-electron chi connectivity index (χ0n) is 9.67. The van der Waals surface area contributed by atoms with Crippen molar-refractivity contribution >= 4 is 39.8 Å². The molecule has 0 bridgehead atoms. The van der Waals surface area contributed by atoms with Gasteiger partial charge in [-0.25, -0.2) is 4.98 Å². The maximum atomic E-state index is 6.18. The molecular weight excluding hydrogens is 257 g/mol. The summed E-state index contributed by atoms with van der Waals surface area (Å²) < 4.78 is 0. The lowest BCUT2D eigenvalue weighted by molar-refractivity contribution is 0.999. The second-order valence-corrected chi connectivity index (χ2v) is 4.77. The fourth-order valence-corrected chi connectivity index (χ4v) is 2.10. The minimum Gasteiger partial charge on any atom is -0.377 e. The molecule has 0 spiro atoms. The van der Waals surface area contributed by atoms with Crippen LogP contribution in [0.15, 0.2) is 18.2 Å². The Morgan fingerprint density at radius 1 is 1.29 bits per heavy atom. The van der Waals surface area contributed by atoms with Crippen molar-refractivity contribution in [2.45, 2.75) is 6.54 Å². The summed E-state index contributed by atoms with van der Waals surface area (Å²) in [4.78, 5) is 6.44. The van der Waals surface area contributed by atoms with Gasteiger partial charge in [-0.2, -0.15) is 0 Å². The number of anilines is 1. The van der Waals surface area contributed by atoms with Crippen molar-refractivity contribution < 1.29 is 0 Å². The molecule has 0 radical (unpaired) electrons. The molecule has 2 aromatic rings. The monoisotopic (exact) mass is 269 g/mol. The van der Waals surface area contributed by atoms with Crippen molar-refractivity contribution in [2.75, 3.05) is 19.0 Å². The zero-order chi connectivity index (χ0) is 12.6. The summed E-state index contributed by atoms with van der Waals surface area (Å²) >= 11 is 12.2. The number of halogens is 2. The Bertz CT molecular complexity index is 567. The van der Waals surface area contributed by atoms with Gasteiger partial charge in [0.2, 0.25) is 0 Å². The molecule has 3 nitrogen and oxygen atoms in total. The highest BCUT2D eigenvalue weighted by atomic mass is 35.5. The van der Waals surface area contributed by atoms with Crippen LogP contribution >= 0.6 is 23.2 Å². The molecule has 5 heteroatoms. The van der Waals surface area contributed by atoms with Crippen LogP contribution in [0.5, 0.6) is 0 Å². The van der Waals surface area contributed by atoms with Gasteiger partial charge in [0, 0.05) is 31.7 Å². The standard InChI is InChI=1S/C12H13Cl2N3/c1-17(2)10-5-7(6-15)16-12-8(10)3-4-9(13)11(12)14/h3-5H,6,15H2,1-2H3. The Morgan fingerprint density at radius 3 is 2.59 bits per heavy atom. The third kappa shape index (κ3) is 2.18. The van der Waals surface area contributed by atoms with Crippen LogP contribution < -0.4 is 10.6 Å². The summed E-state index contributed by atoms with van der Waals surface area (Å²) in [6.45, 7) is 0.375. The minimum absolute atomic E-state index is 0.375. The number of hydrogen-bond donors (Lipinski definition) is 1. The van der Waals surface area contributed by atoms with E-state index in [2.05, 4.69) is 4.98 Å². The molecule has 2 rings (SSSR count). The molecule has 0 aliphatic carbocycles. The molecule has 1 aromatic carbocycles. The van der Waals surface area contributed by atoms with Crippen LogP contribution in [0.2, 0.25) is 10.0 Å². The van der Waals surface area contributed by atoms with Gasteiger partial charge in [-0.1, -0.05) is 23.2 Å². The SMILES string of the molecule is CN(C)c1cc(CN)nc2c(Cl)c(Cl)ccc12. The van der Waals surface area contributed by atoms with Crippen molar-refractivity contribution in [3.63, 3.8) is 0 Å². The molecule has 0 atom stereocenters. The zero-order valence-corrected chi connectivity index (χ0v) is 11.2. The summed E-state index contributed by atoms with van der Waals surface area (Å²) in [5.74, 6) is 0. The van der Waals surface area contributed by atoms with Crippen LogP contribution in [0.1, 0.15) is 5.69 Å². The van der Waals surface area contributed by atoms with E-state index in [4.69, 9.17) is 28.9 Å². The fourth-order valence-electron chi connectivity index (χ4n) is 1.74. The molecule has 0 unspecified atom stereocenters. The molecule has 1 heterocycles. The quantitative estimate of drug-likeness (QED) is 0.911. The van der Waals surface area contributed by atoms with Gasteiger partial charge in [-0.15, -0.1) is 0 Å². The lowest BCUT2D eigenvalue weighted by atomic mass is 10.1. The molecule has 0 fully saturated rings. The van der Waals surface area contributed by atoms with Crippen LogP contribution in [-0.4, -0.2) is 19.1 Å². The highest BCUT2D eigenvalue weighted by molar-refractivity contribution is 6.45. The van der Waals surface area contributed by atoms with Crippen molar-refractivity contribution in [2.24, 2.45) is 5.73 Å². The van der Waals surface area contributed by atoms with Crippen molar-refractivity contribution in [1.82, 2.24) is 4.98 Å². The third-order valence-electron chi connectivity index (χ3n) is 2.59. The molecule has 0 amide bonds. The first-order valence-electron chi connectivity index (χ1n) is 5.19. The highest BCUT2D eigenvalue weighted by Gasteiger charge is 2.11. The minimum atomic E-state index is 0.375. The van der Waals surface area contributed by atoms with Crippen LogP contribution in [0.4, 0.5) is 5.69 Å². The second-order valence-electron chi connectivity index (χ2n) is 3.99. The molecule has 90 valence electrons. The molecule has 0 saturated heterocycles. The normalized spacial score (nSPS) is 10.9. The summed E-state index contributed by atoms with van der Waals surface area (Å²) in [6, 6.07) is 5.67. The maximum absolute atomic E-state index is 6.18. The Labute approximate surface area is 110 Å². The predicted molar refractivity (Wildman–Crippen MR) is 74.0 cm³/mol. The van der Waals surface area contributed by atoms with E-state index in [9.17, 15) is 0 Å². The largest absolute Gasteiger partial charge is 0.377 e. The number of hydrogen-bond acceptors (Lipinski definition) is 3. The van der Waals surface area contributed by atoms with E-state index in [1.165, 1.54) is 0 Å². The molecule has 17 heavy (non-hydrogen) atoms. The van der Waals surface area contributed by atoms with E-state index in [0.717, 1.165) is 16.8 Å². The van der Waals surface area contributed by atoms with E-state index in [1.54, 1.807) is 6.07 Å². The Balaban J connectivity index is 2.85. The van der Waals surface area contributed by atoms with Gasteiger partial charge in [-0.3, -0.25) is 0 Å². The van der Waals surface area contributed by atoms with Gasteiger partial charge in [-0.05, 0) is 18.2 Å². The average Bonchev–Trinajstić information content (AvgIpc) is 2.32. The first-order chi connectivity index (χ1) is 8.04. The Morgan fingerprint density at radius 2 is 2.00 bits per heavy atom. The predicted octanol–water partition coefficient (Wildman–Crippen LogP) is 3.07. The van der Waals surface area contributed by atoms with Gasteiger partial charge in [0.05, 0.1) is 21.3 Å². The van der Waals surface area contributed by atoms with E-state index in [1.807, 2.05) is 31.1 Å². The Hall–Kier alpha value is -1.03. The molecule has 0 aliphatic rings. The molecule has 2 N–H and O–H groups in total. The third-order valence-corrected chi connectivity index (χ3v) is 3.39. The second kappa shape index (κ2) is 4.69. The van der Waals surface area contributed by atoms with Crippen molar-refractivity contribution in [3.05, 3.63) is 33.9 Å². The topological polar surface area (TPSA) is 42.1 Å². The number of nitrogens with zero attached hydrogens (tertiary/aromatic N) is 2. The highest BCUT2D eigenvalue weighted by Crippen LogP contribution is 2.34. The number of fused-ring (bicyclic) bond motifs is 1. The molecule has 0 aliphatic heterocycles. The van der Waals surface area contributed by atoms with Crippen LogP contribution in [0.3, 0.4) is 0 Å². The van der Waals surface area contributed by atoms with E-state index >= 15 is 0 Å². The number of aromatic nitrogens is 1. The number of pyridine rings is 1. The van der Waals surface area contributed by atoms with Gasteiger partial charge in [0.1, 0.15) is 0 Å². The maximum Gasteiger partial charge on any atom is 0.0928 e. The van der Waals surface area contributed by atoms with E-state index < -0.39 is 0 Å². The van der Waals surface area contributed by atoms with Gasteiger partial charge >= 0.3 is 0 Å². The molecule has 0 saturated carbocycles. The van der Waals surface area contributed by atoms with E-state index in [0.29, 0.717) is 22.1 Å². The van der Waals surface area contributed by atoms with Crippen LogP contribution in [-0.2, 0) is 6.54 Å².